The van der Waals surface area contributed by atoms with Crippen LogP contribution in [0.5, 0.6) is 0 Å². The minimum absolute atomic E-state index is 0.00723. The Hall–Kier alpha value is -1.87. The Labute approximate surface area is 159 Å². The van der Waals surface area contributed by atoms with E-state index in [-0.39, 0.29) is 29.0 Å². The van der Waals surface area contributed by atoms with E-state index in [2.05, 4.69) is 9.97 Å². The summed E-state index contributed by atoms with van der Waals surface area (Å²) in [5.74, 6) is 0.730. The van der Waals surface area contributed by atoms with Gasteiger partial charge in [0.2, 0.25) is 11.8 Å². The molecule has 3 heterocycles. The van der Waals surface area contributed by atoms with Crippen molar-refractivity contribution in [3.63, 3.8) is 0 Å². The first-order valence-corrected chi connectivity index (χ1v) is 10.5. The molecule has 7 nitrogen and oxygen atoms in total. The number of nitrogens with one attached hydrogen (secondary N) is 1. The van der Waals surface area contributed by atoms with Crippen LogP contribution in [0, 0.1) is 19.8 Å². The van der Waals surface area contributed by atoms with Crippen LogP contribution in [0.1, 0.15) is 29.1 Å². The smallest absolute Gasteiger partial charge is 0.259 e. The number of thioether (sulfide) groups is 1. The quantitative estimate of drug-likeness (QED) is 0.800. The lowest BCUT2D eigenvalue weighted by Crippen LogP contribution is -2.44. The van der Waals surface area contributed by atoms with Crippen LogP contribution in [-0.2, 0) is 15.3 Å². The highest BCUT2D eigenvalue weighted by molar-refractivity contribution is 7.99. The molecule has 3 rings (SSSR count). The number of nitrogens with two attached hydrogens (primary N) is 1. The Kier molecular flexibility index (Phi) is 5.67. The number of hydrogen-bond donors (Lipinski definition) is 2. The van der Waals surface area contributed by atoms with Gasteiger partial charge in [0.05, 0.1) is 22.8 Å². The zero-order chi connectivity index (χ0) is 18.8. The molecule has 1 atom stereocenters. The third-order valence-corrected chi connectivity index (χ3v) is 6.76. The number of fused-ring (bicyclic) bond motifs is 1. The number of H-pyrrole nitrogens is 1. The lowest BCUT2D eigenvalue weighted by atomic mass is 9.97. The van der Waals surface area contributed by atoms with Gasteiger partial charge in [-0.1, -0.05) is 0 Å². The third-order valence-electron chi connectivity index (χ3n) is 4.73. The lowest BCUT2D eigenvalue weighted by molar-refractivity contribution is -0.132. The second-order valence-corrected chi connectivity index (χ2v) is 8.74. The van der Waals surface area contributed by atoms with Gasteiger partial charge < -0.3 is 15.6 Å². The maximum Gasteiger partial charge on any atom is 0.259 e. The summed E-state index contributed by atoms with van der Waals surface area (Å²) in [4.78, 5) is 46.8. The molecule has 9 heteroatoms. The number of rotatable bonds is 5. The fourth-order valence-electron chi connectivity index (χ4n) is 3.13. The highest BCUT2D eigenvalue weighted by Gasteiger charge is 2.26. The summed E-state index contributed by atoms with van der Waals surface area (Å²) in [6.07, 6.45) is 1.55. The van der Waals surface area contributed by atoms with Crippen LogP contribution >= 0.6 is 23.1 Å². The summed E-state index contributed by atoms with van der Waals surface area (Å²) in [7, 11) is 0. The van der Waals surface area contributed by atoms with Crippen molar-refractivity contribution in [2.24, 2.45) is 11.7 Å². The summed E-state index contributed by atoms with van der Waals surface area (Å²) in [6, 6.07) is 0. The second-order valence-electron chi connectivity index (χ2n) is 6.55. The Morgan fingerprint density at radius 1 is 1.42 bits per heavy atom. The number of nitrogens with zero attached hydrogens (tertiary/aromatic N) is 2. The molecule has 1 saturated heterocycles. The summed E-state index contributed by atoms with van der Waals surface area (Å²) < 4.78 is 0. The van der Waals surface area contributed by atoms with Crippen LogP contribution in [0.2, 0.25) is 0 Å². The summed E-state index contributed by atoms with van der Waals surface area (Å²) >= 11 is 2.92. The number of likely N-dealkylation sites (tertiary alicyclic amines) is 1. The van der Waals surface area contributed by atoms with Crippen LogP contribution < -0.4 is 11.3 Å². The van der Waals surface area contributed by atoms with Gasteiger partial charge in [-0.25, -0.2) is 4.98 Å². The molecule has 0 aliphatic carbocycles. The first-order valence-electron chi connectivity index (χ1n) is 8.50. The molecule has 0 aromatic carbocycles. The standard InChI is InChI=1S/C17H22N4O3S2/c1-9-10(2)26-17-14(9)16(24)19-12(20-17)7-25-8-13(22)21-5-3-4-11(6-21)15(18)23/h11H,3-8H2,1-2H3,(H2,18,23)(H,19,20,24)/t11-/m1/s1. The number of aromatic amines is 1. The van der Waals surface area contributed by atoms with E-state index in [1.54, 1.807) is 4.90 Å². The predicted octanol–water partition coefficient (Wildman–Crippen LogP) is 1.56. The fourth-order valence-corrected chi connectivity index (χ4v) is 4.97. The van der Waals surface area contributed by atoms with E-state index in [1.807, 2.05) is 13.8 Å². The molecule has 0 saturated carbocycles. The third kappa shape index (κ3) is 3.93. The lowest BCUT2D eigenvalue weighted by Gasteiger charge is -2.31. The molecule has 1 aliphatic rings. The second kappa shape index (κ2) is 7.79. The molecule has 0 spiro atoms. The van der Waals surface area contributed by atoms with Crippen molar-refractivity contribution in [1.29, 1.82) is 0 Å². The van der Waals surface area contributed by atoms with E-state index in [0.29, 0.717) is 30.1 Å². The van der Waals surface area contributed by atoms with Crippen molar-refractivity contribution in [2.75, 3.05) is 18.8 Å². The molecule has 1 aliphatic heterocycles. The van der Waals surface area contributed by atoms with E-state index in [1.165, 1.54) is 23.1 Å². The molecule has 0 radical (unpaired) electrons. The fraction of sp³-hybridized carbons (Fsp3) is 0.529. The SMILES string of the molecule is Cc1sc2nc(CSCC(=O)N3CCC[C@@H](C(N)=O)C3)[nH]c(=O)c2c1C. The highest BCUT2D eigenvalue weighted by Crippen LogP contribution is 2.26. The normalized spacial score (nSPS) is 17.6. The van der Waals surface area contributed by atoms with Crippen molar-refractivity contribution >= 4 is 45.1 Å². The summed E-state index contributed by atoms with van der Waals surface area (Å²) in [5.41, 5.74) is 6.20. The molecule has 2 amide bonds. The van der Waals surface area contributed by atoms with E-state index in [9.17, 15) is 14.4 Å². The van der Waals surface area contributed by atoms with Gasteiger partial charge in [-0.3, -0.25) is 14.4 Å². The van der Waals surface area contributed by atoms with Crippen LogP contribution in [0.25, 0.3) is 10.2 Å². The first kappa shape index (κ1) is 18.9. The molecule has 3 N–H and O–H groups in total. The minimum atomic E-state index is -0.341. The summed E-state index contributed by atoms with van der Waals surface area (Å²) in [6.45, 7) is 4.98. The number of thiophene rings is 1. The van der Waals surface area contributed by atoms with Crippen molar-refractivity contribution in [2.45, 2.75) is 32.4 Å². The molecule has 2 aromatic rings. The highest BCUT2D eigenvalue weighted by atomic mass is 32.2. The zero-order valence-corrected chi connectivity index (χ0v) is 16.5. The Morgan fingerprint density at radius 2 is 2.19 bits per heavy atom. The van der Waals surface area contributed by atoms with Crippen LogP contribution in [0.4, 0.5) is 0 Å². The Bertz CT molecular complexity index is 905. The molecule has 0 unspecified atom stereocenters. The van der Waals surface area contributed by atoms with Crippen LogP contribution in [-0.4, -0.2) is 45.5 Å². The summed E-state index contributed by atoms with van der Waals surface area (Å²) in [5, 5.41) is 0.656. The number of amides is 2. The molecule has 26 heavy (non-hydrogen) atoms. The number of aromatic nitrogens is 2. The van der Waals surface area contributed by atoms with E-state index < -0.39 is 0 Å². The largest absolute Gasteiger partial charge is 0.369 e. The molecule has 0 bridgehead atoms. The van der Waals surface area contributed by atoms with E-state index >= 15 is 0 Å². The first-order chi connectivity index (χ1) is 12.4. The van der Waals surface area contributed by atoms with Crippen molar-refractivity contribution in [3.8, 4) is 0 Å². The van der Waals surface area contributed by atoms with Gasteiger partial charge >= 0.3 is 0 Å². The molecular formula is C17H22N4O3S2. The number of carbonyl (C=O) groups excluding carboxylic acids is 2. The molecule has 140 valence electrons. The van der Waals surface area contributed by atoms with Gasteiger partial charge in [0.1, 0.15) is 10.7 Å². The number of hydrogen-bond acceptors (Lipinski definition) is 6. The number of primary amides is 1. The van der Waals surface area contributed by atoms with Gasteiger partial charge in [0, 0.05) is 18.0 Å². The minimum Gasteiger partial charge on any atom is -0.369 e. The maximum absolute atomic E-state index is 12.3. The molecule has 2 aromatic heterocycles. The average molecular weight is 395 g/mol. The average Bonchev–Trinajstić information content (AvgIpc) is 2.89. The monoisotopic (exact) mass is 394 g/mol. The predicted molar refractivity (Wildman–Crippen MR) is 104 cm³/mol. The van der Waals surface area contributed by atoms with Crippen molar-refractivity contribution in [3.05, 3.63) is 26.6 Å². The van der Waals surface area contributed by atoms with E-state index in [4.69, 9.17) is 5.73 Å². The van der Waals surface area contributed by atoms with Crippen molar-refractivity contribution < 1.29 is 9.59 Å². The molecule has 1 fully saturated rings. The number of carbonyl (C=O) groups is 2. The van der Waals surface area contributed by atoms with Gasteiger partial charge in [0.25, 0.3) is 5.56 Å². The van der Waals surface area contributed by atoms with Crippen LogP contribution in [0.15, 0.2) is 4.79 Å². The van der Waals surface area contributed by atoms with Gasteiger partial charge in [-0.15, -0.1) is 23.1 Å². The number of piperidine rings is 1. The maximum atomic E-state index is 12.3. The molecular weight excluding hydrogens is 372 g/mol. The van der Waals surface area contributed by atoms with Crippen molar-refractivity contribution in [1.82, 2.24) is 14.9 Å². The van der Waals surface area contributed by atoms with Gasteiger partial charge in [-0.2, -0.15) is 0 Å². The number of aryl methyl sites for hydroxylation is 2. The topological polar surface area (TPSA) is 109 Å². The Morgan fingerprint density at radius 3 is 2.92 bits per heavy atom. The van der Waals surface area contributed by atoms with Gasteiger partial charge in [0.15, 0.2) is 0 Å². The van der Waals surface area contributed by atoms with E-state index in [0.717, 1.165) is 28.1 Å². The zero-order valence-electron chi connectivity index (χ0n) is 14.8. The van der Waals surface area contributed by atoms with Crippen LogP contribution in [0.3, 0.4) is 0 Å². The Balaban J connectivity index is 1.59. The van der Waals surface area contributed by atoms with Gasteiger partial charge in [-0.05, 0) is 32.3 Å².